The standard InChI is InChI=1S/C24H33N3O3S.ClH/c1-26-14-16-27(17-15-26)23-18-22(12-13-24(23)30-2)31(28,29)25-21-10-8-20(9-11-21)19-6-4-3-5-7-19;/h8-13,18-19,25H,3-7,14-17H2,1-2H3;1H. The van der Waals surface area contributed by atoms with Crippen molar-refractivity contribution in [2.45, 2.75) is 42.9 Å². The Hall–Kier alpha value is -1.96. The highest BCUT2D eigenvalue weighted by molar-refractivity contribution is 7.92. The van der Waals surface area contributed by atoms with Crippen molar-refractivity contribution >= 4 is 33.8 Å². The third kappa shape index (κ3) is 5.69. The molecule has 1 aliphatic carbocycles. The van der Waals surface area contributed by atoms with Crippen molar-refractivity contribution in [2.75, 3.05) is 50.0 Å². The van der Waals surface area contributed by atoms with E-state index in [0.29, 0.717) is 17.4 Å². The second kappa shape index (κ2) is 10.8. The number of nitrogens with zero attached hydrogens (tertiary/aromatic N) is 2. The van der Waals surface area contributed by atoms with E-state index in [1.54, 1.807) is 25.3 Å². The minimum absolute atomic E-state index is 0. The summed E-state index contributed by atoms with van der Waals surface area (Å²) in [5, 5.41) is 0. The molecule has 176 valence electrons. The average molecular weight is 480 g/mol. The SMILES string of the molecule is COc1ccc(S(=O)(=O)Nc2ccc(C3CCCCC3)cc2)cc1N1CCN(C)CC1.Cl. The summed E-state index contributed by atoms with van der Waals surface area (Å²) in [7, 11) is 0.0258. The molecule has 1 saturated heterocycles. The molecule has 1 N–H and O–H groups in total. The maximum Gasteiger partial charge on any atom is 0.261 e. The summed E-state index contributed by atoms with van der Waals surface area (Å²) in [6, 6.07) is 13.0. The van der Waals surface area contributed by atoms with E-state index in [1.807, 2.05) is 12.1 Å². The fraction of sp³-hybridized carbons (Fsp3) is 0.500. The molecule has 8 heteroatoms. The lowest BCUT2D eigenvalue weighted by atomic mass is 9.84. The Morgan fingerprint density at radius 1 is 0.938 bits per heavy atom. The van der Waals surface area contributed by atoms with Crippen molar-refractivity contribution in [2.24, 2.45) is 0 Å². The molecule has 1 aliphatic heterocycles. The Labute approximate surface area is 198 Å². The van der Waals surface area contributed by atoms with E-state index < -0.39 is 10.0 Å². The van der Waals surface area contributed by atoms with Gasteiger partial charge in [0.05, 0.1) is 17.7 Å². The molecule has 0 unspecified atom stereocenters. The van der Waals surface area contributed by atoms with Gasteiger partial charge in [-0.25, -0.2) is 8.42 Å². The molecule has 1 heterocycles. The highest BCUT2D eigenvalue weighted by atomic mass is 35.5. The number of likely N-dealkylation sites (N-methyl/N-ethyl adjacent to an activating group) is 1. The lowest BCUT2D eigenvalue weighted by molar-refractivity contribution is 0.311. The largest absolute Gasteiger partial charge is 0.495 e. The number of benzene rings is 2. The normalized spacial score (nSPS) is 18.1. The van der Waals surface area contributed by atoms with E-state index in [1.165, 1.54) is 37.7 Å². The number of ether oxygens (including phenoxy) is 1. The van der Waals surface area contributed by atoms with Gasteiger partial charge < -0.3 is 14.5 Å². The van der Waals surface area contributed by atoms with Crippen LogP contribution in [-0.4, -0.2) is 53.7 Å². The molecule has 0 radical (unpaired) electrons. The van der Waals surface area contributed by atoms with Gasteiger partial charge in [0.2, 0.25) is 0 Å². The molecule has 0 amide bonds. The number of hydrogen-bond acceptors (Lipinski definition) is 5. The number of nitrogens with one attached hydrogen (secondary N) is 1. The number of anilines is 2. The number of methoxy groups -OCH3 is 1. The average Bonchev–Trinajstić information content (AvgIpc) is 2.80. The van der Waals surface area contributed by atoms with Crippen LogP contribution in [0.2, 0.25) is 0 Å². The molecule has 2 aromatic rings. The lowest BCUT2D eigenvalue weighted by Crippen LogP contribution is -2.44. The Morgan fingerprint density at radius 2 is 1.59 bits per heavy atom. The molecule has 1 saturated carbocycles. The number of halogens is 1. The van der Waals surface area contributed by atoms with E-state index in [2.05, 4.69) is 33.7 Å². The number of rotatable bonds is 6. The number of sulfonamides is 1. The molecule has 6 nitrogen and oxygen atoms in total. The monoisotopic (exact) mass is 479 g/mol. The third-order valence-corrected chi connectivity index (χ3v) is 7.92. The Morgan fingerprint density at radius 3 is 2.22 bits per heavy atom. The van der Waals surface area contributed by atoms with Gasteiger partial charge in [0, 0.05) is 31.9 Å². The highest BCUT2D eigenvalue weighted by Crippen LogP contribution is 2.34. The van der Waals surface area contributed by atoms with Crippen LogP contribution in [0, 0.1) is 0 Å². The molecule has 32 heavy (non-hydrogen) atoms. The van der Waals surface area contributed by atoms with Crippen LogP contribution < -0.4 is 14.4 Å². The first-order chi connectivity index (χ1) is 15.0. The number of hydrogen-bond donors (Lipinski definition) is 1. The zero-order valence-corrected chi connectivity index (χ0v) is 20.6. The topological polar surface area (TPSA) is 61.9 Å². The van der Waals surface area contributed by atoms with Crippen LogP contribution >= 0.6 is 12.4 Å². The summed E-state index contributed by atoms with van der Waals surface area (Å²) in [4.78, 5) is 4.71. The predicted molar refractivity (Wildman–Crippen MR) is 133 cm³/mol. The quantitative estimate of drug-likeness (QED) is 0.649. The Kier molecular flexibility index (Phi) is 8.31. The fourth-order valence-electron chi connectivity index (χ4n) is 4.60. The molecule has 0 spiro atoms. The van der Waals surface area contributed by atoms with Crippen molar-refractivity contribution in [3.63, 3.8) is 0 Å². The minimum Gasteiger partial charge on any atom is -0.495 e. The van der Waals surface area contributed by atoms with Crippen LogP contribution in [0.1, 0.15) is 43.6 Å². The first kappa shape index (κ1) is 24.7. The van der Waals surface area contributed by atoms with E-state index in [9.17, 15) is 8.42 Å². The maximum absolute atomic E-state index is 13.1. The zero-order valence-electron chi connectivity index (χ0n) is 18.9. The van der Waals surface area contributed by atoms with Crippen molar-refractivity contribution in [1.29, 1.82) is 0 Å². The summed E-state index contributed by atoms with van der Waals surface area (Å²) in [6.07, 6.45) is 6.35. The van der Waals surface area contributed by atoms with Crippen molar-refractivity contribution in [3.8, 4) is 5.75 Å². The molecule has 2 aliphatic rings. The zero-order chi connectivity index (χ0) is 21.8. The first-order valence-corrected chi connectivity index (χ1v) is 12.7. The molecule has 2 aromatic carbocycles. The summed E-state index contributed by atoms with van der Waals surface area (Å²) >= 11 is 0. The molecular weight excluding hydrogens is 446 g/mol. The molecule has 0 aromatic heterocycles. The van der Waals surface area contributed by atoms with Gasteiger partial charge in [-0.3, -0.25) is 4.72 Å². The smallest absolute Gasteiger partial charge is 0.261 e. The van der Waals surface area contributed by atoms with Crippen molar-refractivity contribution in [1.82, 2.24) is 4.90 Å². The van der Waals surface area contributed by atoms with Crippen LogP contribution in [-0.2, 0) is 10.0 Å². The second-order valence-electron chi connectivity index (χ2n) is 8.69. The predicted octanol–water partition coefficient (Wildman–Crippen LogP) is 4.72. The maximum atomic E-state index is 13.1. The molecule has 0 atom stereocenters. The minimum atomic E-state index is -3.69. The van der Waals surface area contributed by atoms with Gasteiger partial charge in [-0.2, -0.15) is 0 Å². The third-order valence-electron chi connectivity index (χ3n) is 6.54. The van der Waals surface area contributed by atoms with E-state index >= 15 is 0 Å². The van der Waals surface area contributed by atoms with Gasteiger partial charge in [-0.15, -0.1) is 12.4 Å². The second-order valence-corrected chi connectivity index (χ2v) is 10.4. The summed E-state index contributed by atoms with van der Waals surface area (Å²) in [5.41, 5.74) is 2.73. The van der Waals surface area contributed by atoms with Gasteiger partial charge in [0.15, 0.2) is 0 Å². The van der Waals surface area contributed by atoms with Crippen molar-refractivity contribution in [3.05, 3.63) is 48.0 Å². The van der Waals surface area contributed by atoms with E-state index in [0.717, 1.165) is 31.9 Å². The van der Waals surface area contributed by atoms with Crippen LogP contribution in [0.3, 0.4) is 0 Å². The summed E-state index contributed by atoms with van der Waals surface area (Å²) < 4.78 is 34.4. The van der Waals surface area contributed by atoms with E-state index in [-0.39, 0.29) is 17.3 Å². The summed E-state index contributed by atoms with van der Waals surface area (Å²) in [5.74, 6) is 1.30. The summed E-state index contributed by atoms with van der Waals surface area (Å²) in [6.45, 7) is 3.55. The van der Waals surface area contributed by atoms with Crippen LogP contribution in [0.4, 0.5) is 11.4 Å². The van der Waals surface area contributed by atoms with Gasteiger partial charge in [-0.05, 0) is 61.7 Å². The Balaban J connectivity index is 0.00000289. The molecule has 0 bridgehead atoms. The van der Waals surface area contributed by atoms with Gasteiger partial charge in [-0.1, -0.05) is 31.4 Å². The highest BCUT2D eigenvalue weighted by Gasteiger charge is 2.22. The first-order valence-electron chi connectivity index (χ1n) is 11.2. The fourth-order valence-corrected chi connectivity index (χ4v) is 5.68. The lowest BCUT2D eigenvalue weighted by Gasteiger charge is -2.34. The van der Waals surface area contributed by atoms with Crippen LogP contribution in [0.15, 0.2) is 47.4 Å². The molecule has 2 fully saturated rings. The molecule has 4 rings (SSSR count). The number of piperazine rings is 1. The van der Waals surface area contributed by atoms with Crippen molar-refractivity contribution < 1.29 is 13.2 Å². The Bertz CT molecular complexity index is 984. The van der Waals surface area contributed by atoms with E-state index in [4.69, 9.17) is 4.74 Å². The van der Waals surface area contributed by atoms with Crippen LogP contribution in [0.25, 0.3) is 0 Å². The van der Waals surface area contributed by atoms with Gasteiger partial charge in [0.25, 0.3) is 10.0 Å². The van der Waals surface area contributed by atoms with Crippen LogP contribution in [0.5, 0.6) is 5.75 Å². The molecular formula is C24H34ClN3O3S. The van der Waals surface area contributed by atoms with Gasteiger partial charge >= 0.3 is 0 Å². The van der Waals surface area contributed by atoms with Gasteiger partial charge in [0.1, 0.15) is 5.75 Å².